The lowest BCUT2D eigenvalue weighted by molar-refractivity contribution is -0.117. The summed E-state index contributed by atoms with van der Waals surface area (Å²) >= 11 is 0. The molecule has 3 rings (SSSR count). The lowest BCUT2D eigenvalue weighted by atomic mass is 9.78. The van der Waals surface area contributed by atoms with Gasteiger partial charge < -0.3 is 5.32 Å². The van der Waals surface area contributed by atoms with Crippen LogP contribution in [0, 0.1) is 5.92 Å². The molecule has 23 heavy (non-hydrogen) atoms. The van der Waals surface area contributed by atoms with Crippen LogP contribution in [0.1, 0.15) is 45.6 Å². The highest BCUT2D eigenvalue weighted by Crippen LogP contribution is 2.38. The summed E-state index contributed by atoms with van der Waals surface area (Å²) in [4.78, 5) is 12.1. The van der Waals surface area contributed by atoms with Gasteiger partial charge in [0, 0.05) is 30.6 Å². The second-order valence-corrected chi connectivity index (χ2v) is 9.36. The first kappa shape index (κ1) is 16.5. The van der Waals surface area contributed by atoms with Crippen LogP contribution in [0.2, 0.25) is 0 Å². The summed E-state index contributed by atoms with van der Waals surface area (Å²) < 4.78 is 27.5. The zero-order chi connectivity index (χ0) is 16.8. The molecular formula is C17H24N2O3S. The molecule has 2 aliphatic rings. The molecule has 0 bridgehead atoms. The van der Waals surface area contributed by atoms with E-state index in [4.69, 9.17) is 0 Å². The predicted octanol–water partition coefficient (Wildman–Crippen LogP) is 2.73. The van der Waals surface area contributed by atoms with Crippen LogP contribution in [0.25, 0.3) is 0 Å². The van der Waals surface area contributed by atoms with Crippen molar-refractivity contribution in [2.45, 2.75) is 50.3 Å². The van der Waals surface area contributed by atoms with Crippen molar-refractivity contribution in [3.63, 3.8) is 0 Å². The highest BCUT2D eigenvalue weighted by Gasteiger charge is 2.35. The van der Waals surface area contributed by atoms with E-state index in [1.807, 2.05) is 13.8 Å². The van der Waals surface area contributed by atoms with Gasteiger partial charge in [-0.2, -0.15) is 4.31 Å². The summed E-state index contributed by atoms with van der Waals surface area (Å²) in [7, 11) is -3.47. The van der Waals surface area contributed by atoms with Crippen LogP contribution in [-0.4, -0.2) is 31.7 Å². The maximum Gasteiger partial charge on any atom is 0.243 e. The highest BCUT2D eigenvalue weighted by molar-refractivity contribution is 7.89. The minimum atomic E-state index is -3.47. The fraction of sp³-hybridized carbons (Fsp3) is 0.588. The smallest absolute Gasteiger partial charge is 0.243 e. The van der Waals surface area contributed by atoms with Gasteiger partial charge in [-0.25, -0.2) is 8.42 Å². The molecule has 1 N–H and O–H groups in total. The van der Waals surface area contributed by atoms with E-state index in [0.29, 0.717) is 30.3 Å². The van der Waals surface area contributed by atoms with Crippen molar-refractivity contribution in [3.8, 4) is 0 Å². The van der Waals surface area contributed by atoms with Gasteiger partial charge in [-0.15, -0.1) is 0 Å². The largest absolute Gasteiger partial charge is 0.326 e. The van der Waals surface area contributed by atoms with Crippen molar-refractivity contribution in [2.24, 2.45) is 5.92 Å². The summed E-state index contributed by atoms with van der Waals surface area (Å²) in [6.07, 6.45) is 2.35. The minimum Gasteiger partial charge on any atom is -0.326 e. The second kappa shape index (κ2) is 5.60. The number of nitrogens with zero attached hydrogens (tertiary/aromatic N) is 1. The maximum atomic E-state index is 12.9. The topological polar surface area (TPSA) is 66.5 Å². The number of benzene rings is 1. The fourth-order valence-corrected chi connectivity index (χ4v) is 5.18. The molecule has 1 fully saturated rings. The van der Waals surface area contributed by atoms with Gasteiger partial charge in [0.25, 0.3) is 0 Å². The van der Waals surface area contributed by atoms with E-state index >= 15 is 0 Å². The van der Waals surface area contributed by atoms with Crippen molar-refractivity contribution in [1.82, 2.24) is 4.31 Å². The molecule has 1 aromatic rings. The number of piperidine rings is 1. The van der Waals surface area contributed by atoms with E-state index < -0.39 is 10.0 Å². The van der Waals surface area contributed by atoms with Crippen molar-refractivity contribution < 1.29 is 13.2 Å². The molecular weight excluding hydrogens is 312 g/mol. The molecule has 1 unspecified atom stereocenters. The Bertz CT molecular complexity index is 740. The average Bonchev–Trinajstić information content (AvgIpc) is 2.46. The van der Waals surface area contributed by atoms with Gasteiger partial charge in [0.2, 0.25) is 15.9 Å². The summed E-state index contributed by atoms with van der Waals surface area (Å²) in [6.45, 7) is 7.21. The molecule has 1 aromatic carbocycles. The lowest BCUT2D eigenvalue weighted by Crippen LogP contribution is -2.39. The molecule has 6 heteroatoms. The Labute approximate surface area is 138 Å². The molecule has 1 amide bonds. The van der Waals surface area contributed by atoms with E-state index in [0.717, 1.165) is 24.1 Å². The number of amides is 1. The first-order valence-electron chi connectivity index (χ1n) is 8.15. The number of carbonyl (C=O) groups is 1. The molecule has 2 aliphatic heterocycles. The van der Waals surface area contributed by atoms with Gasteiger partial charge in [-0.05, 0) is 42.5 Å². The van der Waals surface area contributed by atoms with E-state index in [-0.39, 0.29) is 11.3 Å². The molecule has 0 aliphatic carbocycles. The van der Waals surface area contributed by atoms with E-state index in [1.54, 1.807) is 22.5 Å². The Kier molecular flexibility index (Phi) is 4.01. The van der Waals surface area contributed by atoms with Gasteiger partial charge in [-0.1, -0.05) is 20.8 Å². The third kappa shape index (κ3) is 3.02. The molecule has 0 aromatic heterocycles. The molecule has 126 valence electrons. The molecule has 0 spiro atoms. The Balaban J connectivity index is 2.00. The zero-order valence-corrected chi connectivity index (χ0v) is 14.7. The van der Waals surface area contributed by atoms with Gasteiger partial charge in [0.05, 0.1) is 4.90 Å². The standard InChI is InChI=1S/C17H24N2O3S/c1-12-5-4-8-19(11-12)23(21,22)13-6-7-15-14(9-13)17(2,3)10-16(20)18-15/h6-7,9,12H,4-5,8,10-11H2,1-3H3,(H,18,20). The van der Waals surface area contributed by atoms with Gasteiger partial charge >= 0.3 is 0 Å². The van der Waals surface area contributed by atoms with Crippen molar-refractivity contribution >= 4 is 21.6 Å². The number of carbonyl (C=O) groups excluding carboxylic acids is 1. The number of nitrogens with one attached hydrogen (secondary N) is 1. The SMILES string of the molecule is CC1CCCN(S(=O)(=O)c2ccc3c(c2)C(C)(C)CC(=O)N3)C1. The minimum absolute atomic E-state index is 0.0250. The molecule has 0 radical (unpaired) electrons. The summed E-state index contributed by atoms with van der Waals surface area (Å²) in [6, 6.07) is 5.06. The third-order valence-electron chi connectivity index (χ3n) is 4.85. The van der Waals surface area contributed by atoms with Crippen LogP contribution < -0.4 is 5.32 Å². The maximum absolute atomic E-state index is 12.9. The normalized spacial score (nSPS) is 24.8. The van der Waals surface area contributed by atoms with E-state index in [9.17, 15) is 13.2 Å². The van der Waals surface area contributed by atoms with E-state index in [2.05, 4.69) is 12.2 Å². The van der Waals surface area contributed by atoms with Crippen LogP contribution in [0.3, 0.4) is 0 Å². The van der Waals surface area contributed by atoms with Gasteiger partial charge in [0.15, 0.2) is 0 Å². The fourth-order valence-electron chi connectivity index (χ4n) is 3.56. The molecule has 1 saturated heterocycles. The quantitative estimate of drug-likeness (QED) is 0.903. The Hall–Kier alpha value is -1.40. The average molecular weight is 336 g/mol. The van der Waals surface area contributed by atoms with Crippen LogP contribution in [0.15, 0.2) is 23.1 Å². The van der Waals surface area contributed by atoms with Crippen LogP contribution in [-0.2, 0) is 20.2 Å². The number of hydrogen-bond acceptors (Lipinski definition) is 3. The molecule has 0 saturated carbocycles. The van der Waals surface area contributed by atoms with Crippen LogP contribution in [0.5, 0.6) is 0 Å². The Morgan fingerprint density at radius 2 is 2.04 bits per heavy atom. The second-order valence-electron chi connectivity index (χ2n) is 7.43. The van der Waals surface area contributed by atoms with Gasteiger partial charge in [-0.3, -0.25) is 4.79 Å². The molecule has 5 nitrogen and oxygen atoms in total. The Morgan fingerprint density at radius 3 is 2.74 bits per heavy atom. The van der Waals surface area contributed by atoms with Crippen LogP contribution in [0.4, 0.5) is 5.69 Å². The number of anilines is 1. The highest BCUT2D eigenvalue weighted by atomic mass is 32.2. The number of hydrogen-bond donors (Lipinski definition) is 1. The predicted molar refractivity (Wildman–Crippen MR) is 89.9 cm³/mol. The van der Waals surface area contributed by atoms with Crippen molar-refractivity contribution in [3.05, 3.63) is 23.8 Å². The third-order valence-corrected chi connectivity index (χ3v) is 6.72. The summed E-state index contributed by atoms with van der Waals surface area (Å²) in [5.74, 6) is 0.370. The van der Waals surface area contributed by atoms with Gasteiger partial charge in [0.1, 0.15) is 0 Å². The first-order valence-corrected chi connectivity index (χ1v) is 9.59. The monoisotopic (exact) mass is 336 g/mol. The number of rotatable bonds is 2. The zero-order valence-electron chi connectivity index (χ0n) is 13.9. The lowest BCUT2D eigenvalue weighted by Gasteiger charge is -2.33. The van der Waals surface area contributed by atoms with Crippen molar-refractivity contribution in [2.75, 3.05) is 18.4 Å². The summed E-state index contributed by atoms with van der Waals surface area (Å²) in [5, 5.41) is 2.83. The van der Waals surface area contributed by atoms with E-state index in [1.165, 1.54) is 0 Å². The molecule has 1 atom stereocenters. The van der Waals surface area contributed by atoms with Crippen LogP contribution >= 0.6 is 0 Å². The molecule has 2 heterocycles. The number of fused-ring (bicyclic) bond motifs is 1. The Morgan fingerprint density at radius 1 is 1.30 bits per heavy atom. The number of sulfonamides is 1. The first-order chi connectivity index (χ1) is 10.7. The van der Waals surface area contributed by atoms with Crippen molar-refractivity contribution in [1.29, 1.82) is 0 Å². The summed E-state index contributed by atoms with van der Waals surface area (Å²) in [5.41, 5.74) is 1.25.